The van der Waals surface area contributed by atoms with Crippen LogP contribution in [0.25, 0.3) is 0 Å². The van der Waals surface area contributed by atoms with Crippen molar-refractivity contribution in [1.29, 1.82) is 0 Å². The van der Waals surface area contributed by atoms with Crippen LogP contribution in [0.3, 0.4) is 0 Å². The first-order chi connectivity index (χ1) is 5.31. The largest absolute Gasteiger partial charge is 0.374 e. The van der Waals surface area contributed by atoms with E-state index in [9.17, 15) is 4.79 Å². The summed E-state index contributed by atoms with van der Waals surface area (Å²) < 4.78 is 5.34. The van der Waals surface area contributed by atoms with Gasteiger partial charge in [-0.2, -0.15) is 0 Å². The third-order valence-electron chi connectivity index (χ3n) is 2.40. The molecule has 4 nitrogen and oxygen atoms in total. The second-order valence-corrected chi connectivity index (χ2v) is 3.10. The van der Waals surface area contributed by atoms with Crippen LogP contribution < -0.4 is 5.73 Å². The topological polar surface area (TPSA) is 55.6 Å². The van der Waals surface area contributed by atoms with Crippen LogP contribution in [0.2, 0.25) is 0 Å². The predicted octanol–water partition coefficient (Wildman–Crippen LogP) is -1.06. The van der Waals surface area contributed by atoms with Gasteiger partial charge in [-0.05, 0) is 6.42 Å². The number of carbonyl (C=O) groups is 1. The molecule has 2 rings (SSSR count). The normalized spacial score (nSPS) is 34.8. The van der Waals surface area contributed by atoms with Gasteiger partial charge in [-0.25, -0.2) is 0 Å². The minimum absolute atomic E-state index is 0.0563. The van der Waals surface area contributed by atoms with E-state index in [4.69, 9.17) is 10.5 Å². The van der Waals surface area contributed by atoms with E-state index in [0.717, 1.165) is 13.0 Å². The van der Waals surface area contributed by atoms with E-state index in [1.807, 2.05) is 4.90 Å². The van der Waals surface area contributed by atoms with Crippen LogP contribution in [0.4, 0.5) is 0 Å². The molecule has 0 aromatic rings. The average Bonchev–Trinajstić information content (AvgIpc) is 2.62. The number of likely N-dealkylation sites (tertiary alicyclic amines) is 1. The van der Waals surface area contributed by atoms with Gasteiger partial charge in [0.15, 0.2) is 0 Å². The van der Waals surface area contributed by atoms with Crippen LogP contribution in [-0.2, 0) is 9.53 Å². The Morgan fingerprint density at radius 2 is 2.55 bits per heavy atom. The van der Waals surface area contributed by atoms with Crippen LogP contribution >= 0.6 is 0 Å². The summed E-state index contributed by atoms with van der Waals surface area (Å²) >= 11 is 0. The van der Waals surface area contributed by atoms with E-state index >= 15 is 0 Å². The maximum atomic E-state index is 11.1. The van der Waals surface area contributed by atoms with Crippen molar-refractivity contribution in [2.24, 2.45) is 5.73 Å². The Hall–Kier alpha value is -0.610. The number of carbonyl (C=O) groups excluding carboxylic acids is 1. The smallest absolute Gasteiger partial charge is 0.236 e. The van der Waals surface area contributed by atoms with Crippen LogP contribution in [0.15, 0.2) is 0 Å². The van der Waals surface area contributed by atoms with E-state index in [0.29, 0.717) is 12.6 Å². The highest BCUT2D eigenvalue weighted by molar-refractivity contribution is 5.78. The van der Waals surface area contributed by atoms with Gasteiger partial charge >= 0.3 is 0 Å². The highest BCUT2D eigenvalue weighted by atomic mass is 16.5. The number of nitrogens with zero attached hydrogens (tertiary/aromatic N) is 1. The molecule has 2 saturated heterocycles. The van der Waals surface area contributed by atoms with Gasteiger partial charge in [0.25, 0.3) is 0 Å². The van der Waals surface area contributed by atoms with E-state index in [-0.39, 0.29) is 18.6 Å². The number of amides is 1. The van der Waals surface area contributed by atoms with Gasteiger partial charge < -0.3 is 15.4 Å². The van der Waals surface area contributed by atoms with Gasteiger partial charge in [-0.3, -0.25) is 4.79 Å². The highest BCUT2D eigenvalue weighted by Crippen LogP contribution is 2.27. The second kappa shape index (κ2) is 2.46. The number of nitrogens with two attached hydrogens (primary N) is 1. The van der Waals surface area contributed by atoms with E-state index in [1.165, 1.54) is 0 Å². The minimum atomic E-state index is 0.0563. The van der Waals surface area contributed by atoms with Crippen molar-refractivity contribution in [2.75, 3.05) is 19.7 Å². The molecule has 0 unspecified atom stereocenters. The van der Waals surface area contributed by atoms with Crippen molar-refractivity contribution >= 4 is 5.91 Å². The molecule has 2 heterocycles. The third-order valence-corrected chi connectivity index (χ3v) is 2.40. The molecule has 2 bridgehead atoms. The molecule has 2 atom stereocenters. The summed E-state index contributed by atoms with van der Waals surface area (Å²) in [5, 5.41) is 0. The van der Waals surface area contributed by atoms with Crippen molar-refractivity contribution in [1.82, 2.24) is 4.90 Å². The fourth-order valence-corrected chi connectivity index (χ4v) is 1.82. The van der Waals surface area contributed by atoms with Crippen molar-refractivity contribution in [3.05, 3.63) is 0 Å². The van der Waals surface area contributed by atoms with Crippen molar-refractivity contribution in [2.45, 2.75) is 18.6 Å². The molecule has 0 radical (unpaired) electrons. The summed E-state index contributed by atoms with van der Waals surface area (Å²) in [7, 11) is 0. The molecule has 0 saturated carbocycles. The molecule has 0 aromatic carbocycles. The first-order valence-electron chi connectivity index (χ1n) is 3.92. The number of rotatable bonds is 1. The minimum Gasteiger partial charge on any atom is -0.374 e. The summed E-state index contributed by atoms with van der Waals surface area (Å²) in [5.74, 6) is 0.0563. The molecular formula is C7H12N2O2. The Morgan fingerprint density at radius 1 is 1.73 bits per heavy atom. The summed E-state index contributed by atoms with van der Waals surface area (Å²) in [6, 6.07) is 0.316. The monoisotopic (exact) mass is 156 g/mol. The fourth-order valence-electron chi connectivity index (χ4n) is 1.82. The molecule has 0 aliphatic carbocycles. The summed E-state index contributed by atoms with van der Waals surface area (Å²) in [4.78, 5) is 13.0. The van der Waals surface area contributed by atoms with Gasteiger partial charge in [0.05, 0.1) is 25.3 Å². The Kier molecular flexibility index (Phi) is 1.58. The molecule has 11 heavy (non-hydrogen) atoms. The first kappa shape index (κ1) is 7.06. The number of fused-ring (bicyclic) bond motifs is 2. The lowest BCUT2D eigenvalue weighted by Gasteiger charge is -2.26. The fraction of sp³-hybridized carbons (Fsp3) is 0.857. The molecule has 2 aliphatic heterocycles. The SMILES string of the molecule is NCC(=O)N1C[C@H]2C[C@@H]1CO2. The molecule has 0 spiro atoms. The average molecular weight is 156 g/mol. The summed E-state index contributed by atoms with van der Waals surface area (Å²) in [6.07, 6.45) is 1.29. The van der Waals surface area contributed by atoms with Gasteiger partial charge in [0, 0.05) is 6.54 Å². The summed E-state index contributed by atoms with van der Waals surface area (Å²) in [6.45, 7) is 1.58. The first-order valence-corrected chi connectivity index (χ1v) is 3.92. The second-order valence-electron chi connectivity index (χ2n) is 3.10. The van der Waals surface area contributed by atoms with Gasteiger partial charge in [0.2, 0.25) is 5.91 Å². The number of hydrogen-bond acceptors (Lipinski definition) is 3. The standard InChI is InChI=1S/C7H12N2O2/c8-2-7(10)9-3-6-1-5(9)4-11-6/h5-6H,1-4,8H2/t5-,6-/m1/s1. The molecule has 0 aromatic heterocycles. The Balaban J connectivity index is 2.02. The van der Waals surface area contributed by atoms with Crippen molar-refractivity contribution in [3.63, 3.8) is 0 Å². The van der Waals surface area contributed by atoms with Gasteiger partial charge in [-0.15, -0.1) is 0 Å². The maximum absolute atomic E-state index is 11.1. The van der Waals surface area contributed by atoms with E-state index in [1.54, 1.807) is 0 Å². The zero-order valence-corrected chi connectivity index (χ0v) is 6.32. The zero-order chi connectivity index (χ0) is 7.84. The summed E-state index contributed by atoms with van der Waals surface area (Å²) in [5.41, 5.74) is 5.25. The van der Waals surface area contributed by atoms with E-state index in [2.05, 4.69) is 0 Å². The molecule has 2 N–H and O–H groups in total. The maximum Gasteiger partial charge on any atom is 0.236 e. The lowest BCUT2D eigenvalue weighted by atomic mass is 10.2. The lowest BCUT2D eigenvalue weighted by Crippen LogP contribution is -2.44. The quantitative estimate of drug-likeness (QED) is 0.526. The molecule has 62 valence electrons. The van der Waals surface area contributed by atoms with Crippen LogP contribution in [0.1, 0.15) is 6.42 Å². The Morgan fingerprint density at radius 3 is 3.00 bits per heavy atom. The lowest BCUT2D eigenvalue weighted by molar-refractivity contribution is -0.134. The van der Waals surface area contributed by atoms with Gasteiger partial charge in [0.1, 0.15) is 0 Å². The van der Waals surface area contributed by atoms with E-state index < -0.39 is 0 Å². The highest BCUT2D eigenvalue weighted by Gasteiger charge is 2.40. The molecule has 4 heteroatoms. The third kappa shape index (κ3) is 1.02. The number of ether oxygens (including phenoxy) is 1. The Bertz CT molecular complexity index is 183. The molecule has 2 fully saturated rings. The number of morpholine rings is 1. The van der Waals surface area contributed by atoms with Crippen LogP contribution in [-0.4, -0.2) is 42.6 Å². The van der Waals surface area contributed by atoms with Gasteiger partial charge in [-0.1, -0.05) is 0 Å². The molecular weight excluding hydrogens is 144 g/mol. The molecule has 2 aliphatic rings. The number of hydrogen-bond donors (Lipinski definition) is 1. The van der Waals surface area contributed by atoms with Crippen molar-refractivity contribution < 1.29 is 9.53 Å². The molecule has 1 amide bonds. The Labute approximate surface area is 65.3 Å². The van der Waals surface area contributed by atoms with Crippen LogP contribution in [0.5, 0.6) is 0 Å². The van der Waals surface area contributed by atoms with Crippen LogP contribution in [0, 0.1) is 0 Å². The zero-order valence-electron chi connectivity index (χ0n) is 6.32. The van der Waals surface area contributed by atoms with Crippen molar-refractivity contribution in [3.8, 4) is 0 Å². The predicted molar refractivity (Wildman–Crippen MR) is 38.9 cm³/mol.